The van der Waals surface area contributed by atoms with Crippen molar-refractivity contribution in [3.63, 3.8) is 0 Å². The smallest absolute Gasteiger partial charge is 0.311 e. The molecule has 30 heavy (non-hydrogen) atoms. The monoisotopic (exact) mass is 408 g/mol. The molecule has 0 amide bonds. The molecule has 1 atom stereocenters. The summed E-state index contributed by atoms with van der Waals surface area (Å²) in [7, 11) is 0. The quantitative estimate of drug-likeness (QED) is 0.550. The van der Waals surface area contributed by atoms with E-state index >= 15 is 0 Å². The first-order chi connectivity index (χ1) is 14.5. The van der Waals surface area contributed by atoms with Crippen molar-refractivity contribution in [1.29, 1.82) is 0 Å². The van der Waals surface area contributed by atoms with E-state index in [1.165, 1.54) is 25.7 Å². The van der Waals surface area contributed by atoms with Gasteiger partial charge in [-0.25, -0.2) is 0 Å². The summed E-state index contributed by atoms with van der Waals surface area (Å²) >= 11 is 0. The number of carboxylic acids is 2. The largest absolute Gasteiger partial charge is 0.481 e. The predicted octanol–water partition coefficient (Wildman–Crippen LogP) is 5.80. The third-order valence-electron chi connectivity index (χ3n) is 6.39. The Balaban J connectivity index is 1.89. The zero-order valence-corrected chi connectivity index (χ0v) is 17.7. The van der Waals surface area contributed by atoms with E-state index in [0.29, 0.717) is 17.9 Å². The van der Waals surface area contributed by atoms with Crippen LogP contribution in [-0.2, 0) is 22.4 Å². The highest BCUT2D eigenvalue weighted by Crippen LogP contribution is 2.39. The average Bonchev–Trinajstić information content (AvgIpc) is 2.72. The zero-order valence-electron chi connectivity index (χ0n) is 17.7. The molecule has 1 saturated carbocycles. The summed E-state index contributed by atoms with van der Waals surface area (Å²) in [6.45, 7) is 2.23. The molecular formula is C26H32O4. The van der Waals surface area contributed by atoms with Crippen molar-refractivity contribution in [1.82, 2.24) is 0 Å². The van der Waals surface area contributed by atoms with Crippen molar-refractivity contribution >= 4 is 11.9 Å². The van der Waals surface area contributed by atoms with Gasteiger partial charge in [-0.15, -0.1) is 0 Å². The second-order valence-electron chi connectivity index (χ2n) is 8.67. The number of hydrogen-bond donors (Lipinski definition) is 2. The second kappa shape index (κ2) is 10.4. The van der Waals surface area contributed by atoms with Gasteiger partial charge in [0.15, 0.2) is 0 Å². The fourth-order valence-corrected chi connectivity index (χ4v) is 4.85. The molecule has 1 unspecified atom stereocenters. The molecule has 3 rings (SSSR count). The highest BCUT2D eigenvalue weighted by atomic mass is 16.4. The van der Waals surface area contributed by atoms with Crippen LogP contribution in [0.25, 0.3) is 0 Å². The molecule has 0 aliphatic heterocycles. The first-order valence-corrected chi connectivity index (χ1v) is 11.1. The summed E-state index contributed by atoms with van der Waals surface area (Å²) in [6.07, 6.45) is 7.39. The molecule has 0 spiro atoms. The van der Waals surface area contributed by atoms with Gasteiger partial charge in [0.2, 0.25) is 0 Å². The van der Waals surface area contributed by atoms with Gasteiger partial charge in [-0.2, -0.15) is 0 Å². The van der Waals surface area contributed by atoms with E-state index in [2.05, 4.69) is 6.92 Å². The van der Waals surface area contributed by atoms with E-state index in [4.69, 9.17) is 0 Å². The molecular weight excluding hydrogens is 376 g/mol. The Morgan fingerprint density at radius 2 is 1.67 bits per heavy atom. The van der Waals surface area contributed by atoms with Crippen LogP contribution in [-0.4, -0.2) is 22.2 Å². The average molecular weight is 409 g/mol. The van der Waals surface area contributed by atoms with Gasteiger partial charge in [-0.1, -0.05) is 68.3 Å². The molecule has 0 saturated heterocycles. The van der Waals surface area contributed by atoms with Crippen LogP contribution in [0.15, 0.2) is 48.5 Å². The van der Waals surface area contributed by atoms with E-state index in [9.17, 15) is 19.8 Å². The van der Waals surface area contributed by atoms with Crippen molar-refractivity contribution in [2.75, 3.05) is 0 Å². The van der Waals surface area contributed by atoms with Crippen LogP contribution < -0.4 is 0 Å². The van der Waals surface area contributed by atoms with Crippen molar-refractivity contribution < 1.29 is 19.8 Å². The fraction of sp³-hybridized carbons (Fsp3) is 0.462. The van der Waals surface area contributed by atoms with E-state index < -0.39 is 17.9 Å². The number of carbonyl (C=O) groups is 2. The summed E-state index contributed by atoms with van der Waals surface area (Å²) < 4.78 is 0. The Hall–Kier alpha value is -2.62. The Bertz CT molecular complexity index is 851. The summed E-state index contributed by atoms with van der Waals surface area (Å²) in [6, 6.07) is 15.4. The first kappa shape index (κ1) is 22.1. The SMILES string of the molecule is CCCC1CCC(c2cc(CC(=O)O)cc(C(Cc3ccccc3)C(=O)O)c2)CC1. The normalized spacial score (nSPS) is 19.9. The van der Waals surface area contributed by atoms with Gasteiger partial charge in [0.05, 0.1) is 12.3 Å². The van der Waals surface area contributed by atoms with E-state index in [1.807, 2.05) is 42.5 Å². The molecule has 160 valence electrons. The maximum atomic E-state index is 12.1. The molecule has 0 bridgehead atoms. The standard InChI is InChI=1S/C26H32O4/c1-2-6-18-9-11-21(12-10-18)22-13-20(16-25(27)28)14-23(17-22)24(26(29)30)15-19-7-4-3-5-8-19/h3-5,7-8,13-14,17-18,21,24H,2,6,9-12,15-16H2,1H3,(H,27,28)(H,29,30). The minimum Gasteiger partial charge on any atom is -0.481 e. The Labute approximate surface area is 179 Å². The minimum atomic E-state index is -0.889. The third kappa shape index (κ3) is 5.94. The maximum Gasteiger partial charge on any atom is 0.311 e. The molecule has 1 aliphatic rings. The molecule has 2 aromatic rings. The summed E-state index contributed by atoms with van der Waals surface area (Å²) in [5.41, 5.74) is 3.49. The molecule has 0 heterocycles. The Morgan fingerprint density at radius 1 is 0.967 bits per heavy atom. The van der Waals surface area contributed by atoms with Crippen molar-refractivity contribution in [3.8, 4) is 0 Å². The van der Waals surface area contributed by atoms with Crippen LogP contribution in [0.2, 0.25) is 0 Å². The number of rotatable bonds is 9. The van der Waals surface area contributed by atoms with Crippen molar-refractivity contribution in [3.05, 3.63) is 70.8 Å². The topological polar surface area (TPSA) is 74.6 Å². The summed E-state index contributed by atoms with van der Waals surface area (Å²) in [5, 5.41) is 19.3. The molecule has 0 radical (unpaired) electrons. The van der Waals surface area contributed by atoms with Gasteiger partial charge in [-0.3, -0.25) is 9.59 Å². The molecule has 2 N–H and O–H groups in total. The highest BCUT2D eigenvalue weighted by Gasteiger charge is 2.26. The maximum absolute atomic E-state index is 12.1. The van der Waals surface area contributed by atoms with Crippen LogP contribution in [0.4, 0.5) is 0 Å². The van der Waals surface area contributed by atoms with Crippen molar-refractivity contribution in [2.24, 2.45) is 5.92 Å². The number of hydrogen-bond acceptors (Lipinski definition) is 2. The summed E-state index contributed by atoms with van der Waals surface area (Å²) in [4.78, 5) is 23.5. The summed E-state index contributed by atoms with van der Waals surface area (Å²) in [5.74, 6) is -1.27. The zero-order chi connectivity index (χ0) is 21.5. The lowest BCUT2D eigenvalue weighted by molar-refractivity contribution is -0.139. The van der Waals surface area contributed by atoms with E-state index in [0.717, 1.165) is 35.4 Å². The van der Waals surface area contributed by atoms with Crippen LogP contribution in [0.1, 0.15) is 79.5 Å². The molecule has 1 aliphatic carbocycles. The van der Waals surface area contributed by atoms with Crippen LogP contribution >= 0.6 is 0 Å². The van der Waals surface area contributed by atoms with Crippen LogP contribution in [0.3, 0.4) is 0 Å². The van der Waals surface area contributed by atoms with Gasteiger partial charge < -0.3 is 10.2 Å². The highest BCUT2D eigenvalue weighted by molar-refractivity contribution is 5.77. The van der Waals surface area contributed by atoms with Crippen molar-refractivity contribution in [2.45, 2.75) is 70.1 Å². The number of carboxylic acid groups (broad SMARTS) is 2. The van der Waals surface area contributed by atoms with Gasteiger partial charge in [0, 0.05) is 0 Å². The fourth-order valence-electron chi connectivity index (χ4n) is 4.85. The Kier molecular flexibility index (Phi) is 7.67. The third-order valence-corrected chi connectivity index (χ3v) is 6.39. The number of aliphatic carboxylic acids is 2. The van der Waals surface area contributed by atoms with Gasteiger partial charge in [0.1, 0.15) is 0 Å². The van der Waals surface area contributed by atoms with Crippen LogP contribution in [0.5, 0.6) is 0 Å². The molecule has 1 fully saturated rings. The number of benzene rings is 2. The molecule has 4 nitrogen and oxygen atoms in total. The molecule has 4 heteroatoms. The predicted molar refractivity (Wildman–Crippen MR) is 118 cm³/mol. The van der Waals surface area contributed by atoms with Gasteiger partial charge in [-0.05, 0) is 66.2 Å². The molecule has 2 aromatic carbocycles. The van der Waals surface area contributed by atoms with E-state index in [1.54, 1.807) is 6.07 Å². The Morgan fingerprint density at radius 3 is 2.27 bits per heavy atom. The van der Waals surface area contributed by atoms with E-state index in [-0.39, 0.29) is 6.42 Å². The van der Waals surface area contributed by atoms with Gasteiger partial charge in [0.25, 0.3) is 0 Å². The lowest BCUT2D eigenvalue weighted by Gasteiger charge is -2.29. The minimum absolute atomic E-state index is 0.0797. The molecule has 0 aromatic heterocycles. The second-order valence-corrected chi connectivity index (χ2v) is 8.67. The lowest BCUT2D eigenvalue weighted by atomic mass is 9.76. The first-order valence-electron chi connectivity index (χ1n) is 11.1. The lowest BCUT2D eigenvalue weighted by Crippen LogP contribution is -2.17. The van der Waals surface area contributed by atoms with Gasteiger partial charge >= 0.3 is 11.9 Å². The van der Waals surface area contributed by atoms with Crippen LogP contribution in [0, 0.1) is 5.92 Å².